The number of hydrogen-bond donors (Lipinski definition) is 3. The second kappa shape index (κ2) is 14.0. The van der Waals surface area contributed by atoms with Gasteiger partial charge in [-0.1, -0.05) is 71.1 Å². The van der Waals surface area contributed by atoms with Gasteiger partial charge in [-0.3, -0.25) is 0 Å². The molecule has 1 atom stereocenters. The molecule has 0 aromatic heterocycles. The van der Waals surface area contributed by atoms with Gasteiger partial charge in [0, 0.05) is 12.9 Å². The first-order chi connectivity index (χ1) is 10.1. The SMILES string of the molecule is CCCCCCCCCCCCC(N=C(N)N)C(=O)OS. The zero-order valence-electron chi connectivity index (χ0n) is 13.2. The van der Waals surface area contributed by atoms with E-state index in [1.165, 1.54) is 51.4 Å². The van der Waals surface area contributed by atoms with E-state index in [-0.39, 0.29) is 5.96 Å². The Balaban J connectivity index is 3.59. The average molecular weight is 317 g/mol. The molecule has 0 bridgehead atoms. The number of hydrogen-bond acceptors (Lipinski definition) is 4. The maximum Gasteiger partial charge on any atom is 0.342 e. The van der Waals surface area contributed by atoms with Crippen molar-refractivity contribution in [2.24, 2.45) is 16.5 Å². The quantitative estimate of drug-likeness (QED) is 0.160. The molecule has 4 N–H and O–H groups in total. The summed E-state index contributed by atoms with van der Waals surface area (Å²) in [4.78, 5) is 15.3. The predicted octanol–water partition coefficient (Wildman–Crippen LogP) is 3.33. The van der Waals surface area contributed by atoms with E-state index in [0.717, 1.165) is 12.8 Å². The molecular weight excluding hydrogens is 286 g/mol. The summed E-state index contributed by atoms with van der Waals surface area (Å²) in [6, 6.07) is -0.624. The van der Waals surface area contributed by atoms with Crippen LogP contribution in [0.1, 0.15) is 77.6 Å². The van der Waals surface area contributed by atoms with Crippen molar-refractivity contribution >= 4 is 24.8 Å². The number of nitrogens with zero attached hydrogens (tertiary/aromatic N) is 1. The summed E-state index contributed by atoms with van der Waals surface area (Å²) in [5, 5.41) is 0. The Hall–Kier alpha value is -0.910. The zero-order valence-corrected chi connectivity index (χ0v) is 14.1. The van der Waals surface area contributed by atoms with Gasteiger partial charge in [0.05, 0.1) is 0 Å². The van der Waals surface area contributed by atoms with Gasteiger partial charge < -0.3 is 15.7 Å². The van der Waals surface area contributed by atoms with Gasteiger partial charge in [0.2, 0.25) is 0 Å². The van der Waals surface area contributed by atoms with E-state index in [2.05, 4.69) is 29.0 Å². The van der Waals surface area contributed by atoms with Crippen LogP contribution in [0.4, 0.5) is 0 Å². The number of thiol groups is 1. The number of guanidine groups is 1. The van der Waals surface area contributed by atoms with Gasteiger partial charge in [0.1, 0.15) is 0 Å². The lowest BCUT2D eigenvalue weighted by atomic mass is 10.0. The maximum atomic E-state index is 11.4. The van der Waals surface area contributed by atoms with Crippen LogP contribution in [0.25, 0.3) is 0 Å². The van der Waals surface area contributed by atoms with Crippen LogP contribution in [0.15, 0.2) is 4.99 Å². The highest BCUT2D eigenvalue weighted by Crippen LogP contribution is 2.13. The first-order valence-electron chi connectivity index (χ1n) is 8.05. The Morgan fingerprint density at radius 2 is 1.48 bits per heavy atom. The van der Waals surface area contributed by atoms with Crippen LogP contribution >= 0.6 is 12.9 Å². The van der Waals surface area contributed by atoms with Crippen molar-refractivity contribution in [3.63, 3.8) is 0 Å². The molecule has 0 amide bonds. The second-order valence-corrected chi connectivity index (χ2v) is 5.63. The minimum Gasteiger partial charge on any atom is -0.393 e. The van der Waals surface area contributed by atoms with E-state index in [9.17, 15) is 4.79 Å². The molecule has 0 aliphatic heterocycles. The van der Waals surface area contributed by atoms with Crippen LogP contribution in [0.2, 0.25) is 0 Å². The Morgan fingerprint density at radius 1 is 1.00 bits per heavy atom. The van der Waals surface area contributed by atoms with E-state index >= 15 is 0 Å². The number of nitrogens with two attached hydrogens (primary N) is 2. The largest absolute Gasteiger partial charge is 0.393 e. The fourth-order valence-corrected chi connectivity index (χ4v) is 2.42. The number of carbonyl (C=O) groups is 1. The Kier molecular flexibility index (Phi) is 13.4. The predicted molar refractivity (Wildman–Crippen MR) is 91.1 cm³/mol. The van der Waals surface area contributed by atoms with Crippen molar-refractivity contribution in [2.75, 3.05) is 0 Å². The van der Waals surface area contributed by atoms with Crippen molar-refractivity contribution in [3.8, 4) is 0 Å². The molecule has 0 fully saturated rings. The van der Waals surface area contributed by atoms with Crippen LogP contribution in [0, 0.1) is 0 Å². The van der Waals surface area contributed by atoms with Gasteiger partial charge >= 0.3 is 5.97 Å². The monoisotopic (exact) mass is 317 g/mol. The van der Waals surface area contributed by atoms with Gasteiger partial charge in [-0.05, 0) is 6.42 Å². The van der Waals surface area contributed by atoms with Gasteiger partial charge in [-0.2, -0.15) is 0 Å². The topological polar surface area (TPSA) is 90.7 Å². The lowest BCUT2D eigenvalue weighted by Gasteiger charge is -2.09. The highest BCUT2D eigenvalue weighted by atomic mass is 32.1. The minimum absolute atomic E-state index is 0.0918. The molecule has 1 unspecified atom stereocenters. The molecule has 0 spiro atoms. The molecule has 0 rings (SSSR count). The molecule has 0 aliphatic rings. The zero-order chi connectivity index (χ0) is 15.9. The fourth-order valence-electron chi connectivity index (χ4n) is 2.30. The van der Waals surface area contributed by atoms with Crippen LogP contribution in [0.3, 0.4) is 0 Å². The number of rotatable bonds is 13. The minimum atomic E-state index is -0.624. The third-order valence-corrected chi connectivity index (χ3v) is 3.68. The van der Waals surface area contributed by atoms with Crippen LogP contribution in [0.5, 0.6) is 0 Å². The van der Waals surface area contributed by atoms with Gasteiger partial charge in [-0.25, -0.2) is 9.79 Å². The molecule has 6 heteroatoms. The fraction of sp³-hybridized carbons (Fsp3) is 0.867. The highest BCUT2D eigenvalue weighted by Gasteiger charge is 2.18. The maximum absolute atomic E-state index is 11.4. The molecule has 0 aromatic rings. The Labute approximate surface area is 134 Å². The van der Waals surface area contributed by atoms with Crippen molar-refractivity contribution in [1.82, 2.24) is 0 Å². The number of aliphatic imine (C=N–C) groups is 1. The van der Waals surface area contributed by atoms with Gasteiger partial charge in [-0.15, -0.1) is 0 Å². The third kappa shape index (κ3) is 12.5. The summed E-state index contributed by atoms with van der Waals surface area (Å²) in [5.74, 6) is -0.589. The molecule has 21 heavy (non-hydrogen) atoms. The molecule has 0 radical (unpaired) electrons. The van der Waals surface area contributed by atoms with Crippen LogP contribution < -0.4 is 11.5 Å². The summed E-state index contributed by atoms with van der Waals surface area (Å²) >= 11 is 3.50. The van der Waals surface area contributed by atoms with Crippen molar-refractivity contribution in [1.29, 1.82) is 0 Å². The average Bonchev–Trinajstić information content (AvgIpc) is 2.46. The van der Waals surface area contributed by atoms with E-state index in [0.29, 0.717) is 6.42 Å². The highest BCUT2D eigenvalue weighted by molar-refractivity contribution is 7.75. The number of carbonyl (C=O) groups excluding carboxylic acids is 1. The third-order valence-electron chi connectivity index (χ3n) is 3.50. The molecule has 0 heterocycles. The van der Waals surface area contributed by atoms with E-state index in [1.54, 1.807) is 0 Å². The van der Waals surface area contributed by atoms with E-state index in [1.807, 2.05) is 0 Å². The van der Waals surface area contributed by atoms with Crippen LogP contribution in [-0.4, -0.2) is 18.0 Å². The molecule has 0 aromatic carbocycles. The van der Waals surface area contributed by atoms with Crippen molar-refractivity contribution in [3.05, 3.63) is 0 Å². The van der Waals surface area contributed by atoms with E-state index in [4.69, 9.17) is 11.5 Å². The summed E-state index contributed by atoms with van der Waals surface area (Å²) in [6.45, 7) is 2.24. The summed E-state index contributed by atoms with van der Waals surface area (Å²) in [5.41, 5.74) is 10.6. The summed E-state index contributed by atoms with van der Waals surface area (Å²) in [6.07, 6.45) is 13.1. The molecule has 124 valence electrons. The summed E-state index contributed by atoms with van der Waals surface area (Å²) < 4.78 is 4.39. The molecule has 5 nitrogen and oxygen atoms in total. The normalized spacial score (nSPS) is 11.9. The molecule has 0 aliphatic carbocycles. The lowest BCUT2D eigenvalue weighted by Crippen LogP contribution is -2.29. The first-order valence-corrected chi connectivity index (χ1v) is 8.42. The van der Waals surface area contributed by atoms with Gasteiger partial charge in [0.25, 0.3) is 0 Å². The first kappa shape index (κ1) is 20.1. The Morgan fingerprint density at radius 3 is 1.90 bits per heavy atom. The second-order valence-electron chi connectivity index (χ2n) is 5.45. The van der Waals surface area contributed by atoms with Crippen LogP contribution in [-0.2, 0) is 8.98 Å². The molecule has 0 saturated heterocycles. The smallest absolute Gasteiger partial charge is 0.342 e. The van der Waals surface area contributed by atoms with E-state index < -0.39 is 12.0 Å². The van der Waals surface area contributed by atoms with Crippen molar-refractivity contribution < 1.29 is 8.98 Å². The number of unbranched alkanes of at least 4 members (excludes halogenated alkanes) is 9. The standard InChI is InChI=1S/C15H31N3O2S/c1-2-3-4-5-6-7-8-9-10-11-12-13(14(19)20-21)18-15(16)17/h13,21H,2-12H2,1H3,(H4,16,17,18). The Bertz CT molecular complexity index is 295. The molecule has 0 saturated carbocycles. The summed E-state index contributed by atoms with van der Waals surface area (Å²) in [7, 11) is 0. The van der Waals surface area contributed by atoms with Crippen molar-refractivity contribution in [2.45, 2.75) is 83.6 Å². The molecular formula is C15H31N3O2S. The van der Waals surface area contributed by atoms with Gasteiger partial charge in [0.15, 0.2) is 12.0 Å². The lowest BCUT2D eigenvalue weighted by molar-refractivity contribution is -0.134.